The molecular formula is C22H20ClFN6O3. The molecule has 0 saturated heterocycles. The largest absolute Gasteiger partial charge is 0.449 e. The molecule has 0 bridgehead atoms. The number of anilines is 5. The summed E-state index contributed by atoms with van der Waals surface area (Å²) >= 11 is 6.22. The van der Waals surface area contributed by atoms with Crippen LogP contribution in [0.15, 0.2) is 42.6 Å². The lowest BCUT2D eigenvalue weighted by Crippen LogP contribution is -2.25. The number of ether oxygens (including phenoxy) is 1. The number of nitrogens with one attached hydrogen (secondary N) is 3. The second kappa shape index (κ2) is 9.29. The van der Waals surface area contributed by atoms with E-state index < -0.39 is 17.8 Å². The third-order valence-corrected chi connectivity index (χ3v) is 5.32. The molecule has 2 amide bonds. The molecule has 0 radical (unpaired) electrons. The maximum atomic E-state index is 14.5. The van der Waals surface area contributed by atoms with E-state index in [1.807, 2.05) is 6.07 Å². The number of rotatable bonds is 5. The van der Waals surface area contributed by atoms with Crippen LogP contribution in [0.3, 0.4) is 0 Å². The Hall–Kier alpha value is -3.92. The lowest BCUT2D eigenvalue weighted by Gasteiger charge is -2.17. The molecule has 0 unspecified atom stereocenters. The van der Waals surface area contributed by atoms with Gasteiger partial charge < -0.3 is 20.7 Å². The van der Waals surface area contributed by atoms with Crippen molar-refractivity contribution in [3.05, 3.63) is 64.6 Å². The summed E-state index contributed by atoms with van der Waals surface area (Å²) in [6, 6.07) is 9.60. The zero-order valence-electron chi connectivity index (χ0n) is 17.8. The first-order valence-electron chi connectivity index (χ1n) is 9.98. The maximum absolute atomic E-state index is 14.5. The number of halogens is 2. The van der Waals surface area contributed by atoms with E-state index in [-0.39, 0.29) is 34.6 Å². The SMILES string of the molecule is CNC(=O)c1cccc(F)c1Nc1nc(Nc2ccc3c(c2)CCOC(=O)N3C)ncc1Cl. The summed E-state index contributed by atoms with van der Waals surface area (Å²) in [5.41, 5.74) is 2.40. The van der Waals surface area contributed by atoms with Crippen LogP contribution in [0.2, 0.25) is 5.02 Å². The van der Waals surface area contributed by atoms with Crippen molar-refractivity contribution in [1.82, 2.24) is 15.3 Å². The summed E-state index contributed by atoms with van der Waals surface area (Å²) in [7, 11) is 3.10. The zero-order valence-corrected chi connectivity index (χ0v) is 18.5. The van der Waals surface area contributed by atoms with Crippen molar-refractivity contribution in [3.63, 3.8) is 0 Å². The third kappa shape index (κ3) is 4.65. The number of aromatic nitrogens is 2. The van der Waals surface area contributed by atoms with Gasteiger partial charge in [-0.2, -0.15) is 4.98 Å². The van der Waals surface area contributed by atoms with Crippen LogP contribution in [0.1, 0.15) is 15.9 Å². The summed E-state index contributed by atoms with van der Waals surface area (Å²) in [6.07, 6.45) is 1.52. The smallest absolute Gasteiger partial charge is 0.414 e. The van der Waals surface area contributed by atoms with Gasteiger partial charge in [-0.05, 0) is 35.9 Å². The molecule has 0 atom stereocenters. The minimum Gasteiger partial charge on any atom is -0.449 e. The van der Waals surface area contributed by atoms with Crippen LogP contribution in [0, 0.1) is 5.82 Å². The van der Waals surface area contributed by atoms with Crippen LogP contribution in [0.4, 0.5) is 38.0 Å². The number of nitrogens with zero attached hydrogens (tertiary/aromatic N) is 3. The summed E-state index contributed by atoms with van der Waals surface area (Å²) in [4.78, 5) is 34.0. The van der Waals surface area contributed by atoms with Gasteiger partial charge in [-0.1, -0.05) is 17.7 Å². The highest BCUT2D eigenvalue weighted by Crippen LogP contribution is 2.30. The Morgan fingerprint density at radius 3 is 2.85 bits per heavy atom. The number of cyclic esters (lactones) is 1. The predicted octanol–water partition coefficient (Wildman–Crippen LogP) is 4.24. The van der Waals surface area contributed by atoms with Gasteiger partial charge in [0.25, 0.3) is 5.91 Å². The van der Waals surface area contributed by atoms with Gasteiger partial charge in [0.05, 0.1) is 29.7 Å². The highest BCUT2D eigenvalue weighted by Gasteiger charge is 2.21. The summed E-state index contributed by atoms with van der Waals surface area (Å²) in [5.74, 6) is -0.767. The van der Waals surface area contributed by atoms with Gasteiger partial charge in [-0.15, -0.1) is 0 Å². The highest BCUT2D eigenvalue weighted by molar-refractivity contribution is 6.33. The Kier molecular flexibility index (Phi) is 6.27. The monoisotopic (exact) mass is 470 g/mol. The van der Waals surface area contributed by atoms with Crippen molar-refractivity contribution in [2.24, 2.45) is 0 Å². The average molecular weight is 471 g/mol. The Balaban J connectivity index is 1.61. The first-order valence-corrected chi connectivity index (χ1v) is 10.4. The first kappa shape index (κ1) is 22.3. The van der Waals surface area contributed by atoms with Crippen LogP contribution >= 0.6 is 11.6 Å². The first-order chi connectivity index (χ1) is 15.9. The number of hydrogen-bond donors (Lipinski definition) is 3. The minimum atomic E-state index is -0.632. The Labute approximate surface area is 193 Å². The molecule has 1 aliphatic heterocycles. The van der Waals surface area contributed by atoms with Gasteiger partial charge in [0.1, 0.15) is 10.8 Å². The van der Waals surface area contributed by atoms with Crippen molar-refractivity contribution in [1.29, 1.82) is 0 Å². The van der Waals surface area contributed by atoms with E-state index in [0.717, 1.165) is 11.3 Å². The van der Waals surface area contributed by atoms with Gasteiger partial charge in [0, 0.05) is 26.2 Å². The van der Waals surface area contributed by atoms with Gasteiger partial charge in [0.15, 0.2) is 5.82 Å². The number of benzene rings is 2. The van der Waals surface area contributed by atoms with Crippen molar-refractivity contribution in [3.8, 4) is 0 Å². The van der Waals surface area contributed by atoms with Gasteiger partial charge in [-0.25, -0.2) is 14.2 Å². The van der Waals surface area contributed by atoms with E-state index in [1.165, 1.54) is 36.3 Å². The highest BCUT2D eigenvalue weighted by atomic mass is 35.5. The standard InChI is InChI=1S/C22H20ClFN6O3/c1-25-20(31)14-4-3-5-16(24)18(14)28-19-15(23)11-26-21(29-19)27-13-6-7-17-12(10-13)8-9-33-22(32)30(17)2/h3-7,10-11H,8-9H2,1-2H3,(H,25,31)(H2,26,27,28,29). The molecule has 1 aromatic heterocycles. The fourth-order valence-corrected chi connectivity index (χ4v) is 3.51. The minimum absolute atomic E-state index is 0.0545. The molecule has 3 aromatic rings. The summed E-state index contributed by atoms with van der Waals surface area (Å²) in [6.45, 7) is 0.279. The molecule has 9 nitrogen and oxygen atoms in total. The van der Waals surface area contributed by atoms with E-state index in [9.17, 15) is 14.0 Å². The molecule has 1 aliphatic rings. The number of para-hydroxylation sites is 1. The molecule has 0 fully saturated rings. The molecule has 0 aliphatic carbocycles. The third-order valence-electron chi connectivity index (χ3n) is 5.04. The molecule has 2 aromatic carbocycles. The van der Waals surface area contributed by atoms with Crippen LogP contribution in [-0.4, -0.2) is 42.7 Å². The molecule has 0 spiro atoms. The quantitative estimate of drug-likeness (QED) is 0.511. The van der Waals surface area contributed by atoms with E-state index in [1.54, 1.807) is 19.2 Å². The number of fused-ring (bicyclic) bond motifs is 1. The number of hydrogen-bond acceptors (Lipinski definition) is 7. The average Bonchev–Trinajstić information content (AvgIpc) is 2.94. The van der Waals surface area contributed by atoms with Gasteiger partial charge in [0.2, 0.25) is 5.95 Å². The van der Waals surface area contributed by atoms with Crippen LogP contribution in [-0.2, 0) is 11.2 Å². The number of amides is 2. The van der Waals surface area contributed by atoms with E-state index in [0.29, 0.717) is 12.1 Å². The summed E-state index contributed by atoms with van der Waals surface area (Å²) in [5, 5.41) is 8.49. The van der Waals surface area contributed by atoms with Gasteiger partial charge in [-0.3, -0.25) is 9.69 Å². The topological polar surface area (TPSA) is 108 Å². The lowest BCUT2D eigenvalue weighted by atomic mass is 10.1. The fraction of sp³-hybridized carbons (Fsp3) is 0.182. The number of carbonyl (C=O) groups is 2. The van der Waals surface area contributed by atoms with Crippen LogP contribution < -0.4 is 20.9 Å². The molecule has 170 valence electrons. The van der Waals surface area contributed by atoms with E-state index in [2.05, 4.69) is 25.9 Å². The van der Waals surface area contributed by atoms with Crippen molar-refractivity contribution < 1.29 is 18.7 Å². The van der Waals surface area contributed by atoms with Crippen molar-refractivity contribution in [2.75, 3.05) is 36.2 Å². The maximum Gasteiger partial charge on any atom is 0.414 e. The lowest BCUT2D eigenvalue weighted by molar-refractivity contribution is 0.0963. The fourth-order valence-electron chi connectivity index (χ4n) is 3.37. The normalized spacial score (nSPS) is 13.0. The Morgan fingerprint density at radius 2 is 2.06 bits per heavy atom. The van der Waals surface area contributed by atoms with E-state index >= 15 is 0 Å². The second-order valence-corrected chi connectivity index (χ2v) is 7.56. The van der Waals surface area contributed by atoms with E-state index in [4.69, 9.17) is 16.3 Å². The van der Waals surface area contributed by atoms with Gasteiger partial charge >= 0.3 is 6.09 Å². The molecule has 3 N–H and O–H groups in total. The molecule has 11 heteroatoms. The molecule has 0 saturated carbocycles. The van der Waals surface area contributed by atoms with Crippen molar-refractivity contribution >= 4 is 52.4 Å². The zero-order chi connectivity index (χ0) is 23.5. The predicted molar refractivity (Wildman–Crippen MR) is 123 cm³/mol. The number of carbonyl (C=O) groups excluding carboxylic acids is 2. The Bertz CT molecular complexity index is 1240. The Morgan fingerprint density at radius 1 is 1.24 bits per heavy atom. The molecule has 2 heterocycles. The summed E-state index contributed by atoms with van der Waals surface area (Å²) < 4.78 is 19.6. The second-order valence-electron chi connectivity index (χ2n) is 7.15. The molecular weight excluding hydrogens is 451 g/mol. The molecule has 33 heavy (non-hydrogen) atoms. The van der Waals surface area contributed by atoms with Crippen molar-refractivity contribution in [2.45, 2.75) is 6.42 Å². The van der Waals surface area contributed by atoms with Crippen LogP contribution in [0.5, 0.6) is 0 Å². The van der Waals surface area contributed by atoms with Crippen LogP contribution in [0.25, 0.3) is 0 Å². The molecule has 4 rings (SSSR count).